The van der Waals surface area contributed by atoms with E-state index in [2.05, 4.69) is 111 Å². The molecule has 9 aromatic rings. The van der Waals surface area contributed by atoms with Gasteiger partial charge in [0.1, 0.15) is 0 Å². The SMILES string of the molecule is CCCCc1ccc(CCc2cc3cc4sc5cc6c(cc5c4cc3s2)sc2cc3cc(CCc4ccc(CCCC)cc4)sc3cc26)cc1. The van der Waals surface area contributed by atoms with Gasteiger partial charge in [-0.05, 0) is 133 Å². The molecule has 0 saturated carbocycles. The molecular weight excluding hydrogens is 681 g/mol. The van der Waals surface area contributed by atoms with Gasteiger partial charge in [0.05, 0.1) is 0 Å². The number of thiophene rings is 4. The molecule has 0 unspecified atom stereocenters. The Kier molecular flexibility index (Phi) is 8.99. The molecule has 0 radical (unpaired) electrons. The minimum Gasteiger partial charge on any atom is -0.140 e. The van der Waals surface area contributed by atoms with Gasteiger partial charge in [-0.1, -0.05) is 75.2 Å². The molecular formula is C46H42S4. The summed E-state index contributed by atoms with van der Waals surface area (Å²) in [5.74, 6) is 0. The van der Waals surface area contributed by atoms with Crippen LogP contribution in [0.5, 0.6) is 0 Å². The Morgan fingerprint density at radius 3 is 1.06 bits per heavy atom. The van der Waals surface area contributed by atoms with Gasteiger partial charge in [-0.2, -0.15) is 0 Å². The fourth-order valence-electron chi connectivity index (χ4n) is 7.51. The first-order chi connectivity index (χ1) is 24.6. The van der Waals surface area contributed by atoms with E-state index in [1.807, 2.05) is 45.3 Å². The summed E-state index contributed by atoms with van der Waals surface area (Å²) in [4.78, 5) is 2.98. The lowest BCUT2D eigenvalue weighted by Gasteiger charge is -2.03. The molecule has 9 rings (SSSR count). The first-order valence-corrected chi connectivity index (χ1v) is 21.7. The summed E-state index contributed by atoms with van der Waals surface area (Å²) < 4.78 is 8.45. The number of hydrogen-bond donors (Lipinski definition) is 0. The maximum atomic E-state index is 2.48. The van der Waals surface area contributed by atoms with Crippen LogP contribution < -0.4 is 0 Å². The van der Waals surface area contributed by atoms with Crippen molar-refractivity contribution < 1.29 is 0 Å². The summed E-state index contributed by atoms with van der Waals surface area (Å²) in [6.07, 6.45) is 11.9. The third kappa shape index (κ3) is 6.41. The van der Waals surface area contributed by atoms with Crippen LogP contribution >= 0.6 is 45.3 Å². The van der Waals surface area contributed by atoms with E-state index in [1.54, 1.807) is 0 Å². The second-order valence-electron chi connectivity index (χ2n) is 14.1. The number of hydrogen-bond acceptors (Lipinski definition) is 4. The van der Waals surface area contributed by atoms with Crippen LogP contribution in [0.15, 0.2) is 97.1 Å². The lowest BCUT2D eigenvalue weighted by Crippen LogP contribution is -1.90. The Morgan fingerprint density at radius 2 is 0.680 bits per heavy atom. The molecule has 0 saturated heterocycles. The van der Waals surface area contributed by atoms with Crippen LogP contribution in [0, 0.1) is 0 Å². The fraction of sp³-hybridized carbons (Fsp3) is 0.261. The smallest absolute Gasteiger partial charge is 0.0362 e. The first kappa shape index (κ1) is 32.4. The zero-order chi connectivity index (χ0) is 33.6. The molecule has 250 valence electrons. The van der Waals surface area contributed by atoms with Crippen LogP contribution in [0.3, 0.4) is 0 Å². The second-order valence-corrected chi connectivity index (χ2v) is 18.6. The van der Waals surface area contributed by atoms with Gasteiger partial charge in [-0.15, -0.1) is 45.3 Å². The van der Waals surface area contributed by atoms with Crippen molar-refractivity contribution in [3.05, 3.63) is 129 Å². The van der Waals surface area contributed by atoms with E-state index >= 15 is 0 Å². The monoisotopic (exact) mass is 722 g/mol. The van der Waals surface area contributed by atoms with E-state index in [-0.39, 0.29) is 0 Å². The largest absolute Gasteiger partial charge is 0.140 e. The minimum absolute atomic E-state index is 1.11. The lowest BCUT2D eigenvalue weighted by molar-refractivity contribution is 0.794. The highest BCUT2D eigenvalue weighted by atomic mass is 32.1. The Hall–Kier alpha value is -3.54. The normalized spacial score (nSPS) is 12.2. The van der Waals surface area contributed by atoms with Crippen molar-refractivity contribution in [3.63, 3.8) is 0 Å². The van der Waals surface area contributed by atoms with Gasteiger partial charge in [0.2, 0.25) is 0 Å². The molecule has 0 nitrogen and oxygen atoms in total. The highest BCUT2D eigenvalue weighted by molar-refractivity contribution is 7.28. The Balaban J connectivity index is 0.955. The predicted octanol–water partition coefficient (Wildman–Crippen LogP) is 15.1. The van der Waals surface area contributed by atoms with Gasteiger partial charge in [-0.25, -0.2) is 0 Å². The van der Waals surface area contributed by atoms with Crippen molar-refractivity contribution in [1.82, 2.24) is 0 Å². The summed E-state index contributed by atoms with van der Waals surface area (Å²) >= 11 is 7.88. The molecule has 0 N–H and O–H groups in total. The zero-order valence-electron chi connectivity index (χ0n) is 28.9. The Morgan fingerprint density at radius 1 is 0.340 bits per heavy atom. The zero-order valence-corrected chi connectivity index (χ0v) is 32.2. The average Bonchev–Trinajstić information content (AvgIpc) is 3.91. The standard InChI is InChI=1S/C46H42S4/c1-3-5-7-29-9-13-31(14-10-29)17-19-35-21-33-23-43-37(25-41(33)47-35)39-27-46-40(28-45(39)49-43)38-26-42-34(24-44(38)50-46)22-36(48-42)20-18-32-15-11-30(12-16-32)8-6-4-2/h9-16,21-28H,3-8,17-20H2,1-2H3. The molecule has 0 spiro atoms. The van der Waals surface area contributed by atoms with Crippen LogP contribution in [0.4, 0.5) is 0 Å². The quantitative estimate of drug-likeness (QED) is 0.118. The van der Waals surface area contributed by atoms with Crippen molar-refractivity contribution in [2.24, 2.45) is 0 Å². The highest BCUT2D eigenvalue weighted by Crippen LogP contribution is 2.45. The summed E-state index contributed by atoms with van der Waals surface area (Å²) in [6, 6.07) is 38.4. The molecule has 0 aliphatic heterocycles. The maximum absolute atomic E-state index is 2.48. The van der Waals surface area contributed by atoms with Crippen molar-refractivity contribution in [2.75, 3.05) is 0 Å². The van der Waals surface area contributed by atoms with Crippen molar-refractivity contribution in [3.8, 4) is 0 Å². The molecule has 0 aliphatic carbocycles. The molecule has 0 fully saturated rings. The van der Waals surface area contributed by atoms with E-state index in [0.29, 0.717) is 0 Å². The van der Waals surface area contributed by atoms with Crippen LogP contribution in [0.2, 0.25) is 0 Å². The topological polar surface area (TPSA) is 0 Å². The average molecular weight is 723 g/mol. The van der Waals surface area contributed by atoms with Gasteiger partial charge < -0.3 is 0 Å². The third-order valence-electron chi connectivity index (χ3n) is 10.4. The van der Waals surface area contributed by atoms with Crippen molar-refractivity contribution in [2.45, 2.75) is 78.1 Å². The van der Waals surface area contributed by atoms with E-state index in [9.17, 15) is 0 Å². The molecule has 4 heterocycles. The van der Waals surface area contributed by atoms with Crippen LogP contribution in [0.25, 0.3) is 60.5 Å². The molecule has 0 amide bonds. The second kappa shape index (κ2) is 13.9. The van der Waals surface area contributed by atoms with Gasteiger partial charge in [0.25, 0.3) is 0 Å². The van der Waals surface area contributed by atoms with E-state index in [0.717, 1.165) is 25.7 Å². The molecule has 50 heavy (non-hydrogen) atoms. The number of unbranched alkanes of at least 4 members (excludes halogenated alkanes) is 2. The van der Waals surface area contributed by atoms with E-state index < -0.39 is 0 Å². The Bertz CT molecular complexity index is 2420. The van der Waals surface area contributed by atoms with Crippen molar-refractivity contribution in [1.29, 1.82) is 0 Å². The fourth-order valence-corrected chi connectivity index (χ4v) is 12.0. The molecule has 0 aliphatic rings. The molecule has 0 bridgehead atoms. The number of rotatable bonds is 12. The molecule has 0 atom stereocenters. The van der Waals surface area contributed by atoms with Crippen LogP contribution in [-0.4, -0.2) is 0 Å². The maximum Gasteiger partial charge on any atom is 0.0362 e. The van der Waals surface area contributed by atoms with E-state index in [1.165, 1.54) is 131 Å². The van der Waals surface area contributed by atoms with Gasteiger partial charge in [0, 0.05) is 59.5 Å². The van der Waals surface area contributed by atoms with Crippen LogP contribution in [0.1, 0.15) is 71.5 Å². The Labute approximate surface area is 311 Å². The third-order valence-corrected chi connectivity index (χ3v) is 15.0. The van der Waals surface area contributed by atoms with Crippen LogP contribution in [-0.2, 0) is 38.5 Å². The molecule has 5 aromatic carbocycles. The summed E-state index contributed by atoms with van der Waals surface area (Å²) in [6.45, 7) is 4.53. The lowest BCUT2D eigenvalue weighted by atomic mass is 10.0. The summed E-state index contributed by atoms with van der Waals surface area (Å²) in [5.41, 5.74) is 5.83. The van der Waals surface area contributed by atoms with Gasteiger partial charge in [0.15, 0.2) is 0 Å². The molecule has 4 aromatic heterocycles. The van der Waals surface area contributed by atoms with E-state index in [4.69, 9.17) is 0 Å². The minimum atomic E-state index is 1.11. The predicted molar refractivity (Wildman–Crippen MR) is 228 cm³/mol. The summed E-state index contributed by atoms with van der Waals surface area (Å²) in [7, 11) is 0. The van der Waals surface area contributed by atoms with Gasteiger partial charge >= 0.3 is 0 Å². The van der Waals surface area contributed by atoms with Gasteiger partial charge in [-0.3, -0.25) is 0 Å². The van der Waals surface area contributed by atoms with Crippen molar-refractivity contribution >= 4 is 106 Å². The number of aryl methyl sites for hydroxylation is 6. The molecule has 4 heteroatoms. The first-order valence-electron chi connectivity index (χ1n) is 18.4. The number of benzene rings is 5. The summed E-state index contributed by atoms with van der Waals surface area (Å²) in [5, 5.41) is 8.43. The number of fused-ring (bicyclic) bond motifs is 8. The highest BCUT2D eigenvalue weighted by Gasteiger charge is 2.15.